The summed E-state index contributed by atoms with van der Waals surface area (Å²) in [5.74, 6) is -1.62. The molecular formula is C24H21N3O4. The van der Waals surface area contributed by atoms with Crippen molar-refractivity contribution in [3.05, 3.63) is 87.7 Å². The number of allylic oxidation sites excluding steroid dienone is 2. The van der Waals surface area contributed by atoms with E-state index in [4.69, 9.17) is 4.74 Å². The van der Waals surface area contributed by atoms with Gasteiger partial charge in [-0.15, -0.1) is 0 Å². The highest BCUT2D eigenvalue weighted by atomic mass is 16.6. The number of nitro benzene ring substituents is 1. The first-order valence-electron chi connectivity index (χ1n) is 9.84. The molecule has 1 aromatic heterocycles. The molecule has 0 saturated carbocycles. The summed E-state index contributed by atoms with van der Waals surface area (Å²) < 4.78 is 5.11. The summed E-state index contributed by atoms with van der Waals surface area (Å²) in [6.07, 6.45) is 1.73. The lowest BCUT2D eigenvalue weighted by molar-refractivity contribution is -0.384. The van der Waals surface area contributed by atoms with Gasteiger partial charge in [-0.2, -0.15) is 0 Å². The summed E-state index contributed by atoms with van der Waals surface area (Å²) in [7, 11) is 1.34. The van der Waals surface area contributed by atoms with Crippen LogP contribution in [-0.4, -0.2) is 28.7 Å². The first kappa shape index (κ1) is 20.4. The van der Waals surface area contributed by atoms with Gasteiger partial charge in [0.15, 0.2) is 0 Å². The van der Waals surface area contributed by atoms with E-state index in [9.17, 15) is 14.9 Å². The van der Waals surface area contributed by atoms with Crippen molar-refractivity contribution in [2.45, 2.75) is 19.8 Å². The summed E-state index contributed by atoms with van der Waals surface area (Å²) in [4.78, 5) is 33.0. The van der Waals surface area contributed by atoms with Gasteiger partial charge < -0.3 is 4.74 Å². The van der Waals surface area contributed by atoms with E-state index in [-0.39, 0.29) is 5.69 Å². The van der Waals surface area contributed by atoms with Gasteiger partial charge in [-0.3, -0.25) is 24.9 Å². The van der Waals surface area contributed by atoms with Crippen LogP contribution in [0.25, 0.3) is 16.5 Å². The van der Waals surface area contributed by atoms with E-state index >= 15 is 0 Å². The summed E-state index contributed by atoms with van der Waals surface area (Å²) in [5.41, 5.74) is 4.55. The predicted octanol–water partition coefficient (Wildman–Crippen LogP) is 4.92. The lowest BCUT2D eigenvalue weighted by Gasteiger charge is -2.33. The average molecular weight is 415 g/mol. The van der Waals surface area contributed by atoms with Gasteiger partial charge in [0.2, 0.25) is 0 Å². The molecule has 1 aliphatic rings. The Kier molecular flexibility index (Phi) is 5.33. The molecule has 0 radical (unpaired) electrons. The summed E-state index contributed by atoms with van der Waals surface area (Å²) in [5, 5.41) is 12.4. The molecular weight excluding hydrogens is 394 g/mol. The number of hydrogen-bond acceptors (Lipinski definition) is 6. The number of esters is 1. The fourth-order valence-corrected chi connectivity index (χ4v) is 4.35. The van der Waals surface area contributed by atoms with Crippen LogP contribution in [0.3, 0.4) is 0 Å². The molecule has 2 atom stereocenters. The van der Waals surface area contributed by atoms with Gasteiger partial charge in [0.1, 0.15) is 5.92 Å². The number of benzene rings is 2. The van der Waals surface area contributed by atoms with Gasteiger partial charge in [0.25, 0.3) is 5.69 Å². The topological polar surface area (TPSA) is 94.7 Å². The highest BCUT2D eigenvalue weighted by molar-refractivity contribution is 6.08. The Morgan fingerprint density at radius 1 is 1.10 bits per heavy atom. The molecule has 0 spiro atoms. The zero-order valence-corrected chi connectivity index (χ0v) is 17.4. The van der Waals surface area contributed by atoms with Crippen LogP contribution in [0.1, 0.15) is 30.9 Å². The van der Waals surface area contributed by atoms with Gasteiger partial charge in [-0.05, 0) is 42.7 Å². The van der Waals surface area contributed by atoms with Crippen LogP contribution in [0.5, 0.6) is 0 Å². The van der Waals surface area contributed by atoms with E-state index in [0.29, 0.717) is 11.3 Å². The number of aromatic nitrogens is 1. The third-order valence-corrected chi connectivity index (χ3v) is 5.66. The first-order valence-corrected chi connectivity index (χ1v) is 9.84. The number of nitrogens with zero attached hydrogens (tertiary/aromatic N) is 3. The summed E-state index contributed by atoms with van der Waals surface area (Å²) in [6, 6.07) is 16.1. The highest BCUT2D eigenvalue weighted by Crippen LogP contribution is 2.46. The maximum Gasteiger partial charge on any atom is 0.315 e. The van der Waals surface area contributed by atoms with Crippen molar-refractivity contribution < 1.29 is 14.5 Å². The largest absolute Gasteiger partial charge is 0.468 e. The molecule has 0 saturated heterocycles. The maximum atomic E-state index is 12.9. The van der Waals surface area contributed by atoms with E-state index in [1.807, 2.05) is 43.3 Å². The average Bonchev–Trinajstić information content (AvgIpc) is 2.78. The number of carbonyl (C=O) groups excluding carboxylic acids is 1. The molecule has 7 nitrogen and oxygen atoms in total. The van der Waals surface area contributed by atoms with Crippen molar-refractivity contribution in [2.75, 3.05) is 7.11 Å². The molecule has 2 aromatic carbocycles. The van der Waals surface area contributed by atoms with E-state index in [1.165, 1.54) is 19.2 Å². The number of rotatable bonds is 4. The molecule has 7 heteroatoms. The number of carbonyl (C=O) groups is 1. The van der Waals surface area contributed by atoms with Crippen LogP contribution >= 0.6 is 0 Å². The number of nitro groups is 1. The fraction of sp³-hybridized carbons (Fsp3) is 0.208. The van der Waals surface area contributed by atoms with Crippen LogP contribution in [0.2, 0.25) is 0 Å². The molecule has 156 valence electrons. The van der Waals surface area contributed by atoms with Crippen LogP contribution < -0.4 is 0 Å². The fourth-order valence-electron chi connectivity index (χ4n) is 4.35. The lowest BCUT2D eigenvalue weighted by Crippen LogP contribution is -2.33. The Bertz CT molecular complexity index is 1260. The first-order chi connectivity index (χ1) is 14.9. The minimum absolute atomic E-state index is 0.0297. The molecule has 4 rings (SSSR count). The van der Waals surface area contributed by atoms with Gasteiger partial charge in [-0.1, -0.05) is 30.3 Å². The van der Waals surface area contributed by atoms with E-state index in [1.54, 1.807) is 19.2 Å². The standard InChI is InChI=1S/C24H21N3O4/c1-14-21(19-9-5-11-20-18(19)10-6-12-25-20)23(22(15(2)26-14)24(28)31-3)16-7-4-8-17(13-16)27(29)30/h4-13,22-23H,1-3H3. The van der Waals surface area contributed by atoms with E-state index in [2.05, 4.69) is 9.98 Å². The second-order valence-electron chi connectivity index (χ2n) is 7.46. The third-order valence-electron chi connectivity index (χ3n) is 5.66. The van der Waals surface area contributed by atoms with Crippen molar-refractivity contribution in [2.24, 2.45) is 10.9 Å². The maximum absolute atomic E-state index is 12.9. The second-order valence-corrected chi connectivity index (χ2v) is 7.46. The predicted molar refractivity (Wildman–Crippen MR) is 119 cm³/mol. The Morgan fingerprint density at radius 2 is 1.87 bits per heavy atom. The van der Waals surface area contributed by atoms with Gasteiger partial charge in [0, 0.05) is 41.0 Å². The molecule has 31 heavy (non-hydrogen) atoms. The van der Waals surface area contributed by atoms with Gasteiger partial charge >= 0.3 is 5.97 Å². The molecule has 0 bridgehead atoms. The van der Waals surface area contributed by atoms with Crippen LogP contribution in [0.15, 0.2) is 71.5 Å². The summed E-state index contributed by atoms with van der Waals surface area (Å²) in [6.45, 7) is 3.68. The number of hydrogen-bond donors (Lipinski definition) is 0. The van der Waals surface area contributed by atoms with Crippen molar-refractivity contribution in [3.8, 4) is 0 Å². The zero-order valence-electron chi connectivity index (χ0n) is 17.4. The van der Waals surface area contributed by atoms with Crippen LogP contribution in [0, 0.1) is 16.0 Å². The number of fused-ring (bicyclic) bond motifs is 1. The van der Waals surface area contributed by atoms with Crippen LogP contribution in [0.4, 0.5) is 5.69 Å². The van der Waals surface area contributed by atoms with Crippen LogP contribution in [-0.2, 0) is 9.53 Å². The van der Waals surface area contributed by atoms with E-state index < -0.39 is 22.7 Å². The monoisotopic (exact) mass is 415 g/mol. The normalized spacial score (nSPS) is 18.6. The zero-order chi connectivity index (χ0) is 22.1. The van der Waals surface area contributed by atoms with Crippen molar-refractivity contribution >= 4 is 33.8 Å². The molecule has 0 aliphatic carbocycles. The number of ether oxygens (including phenoxy) is 1. The Hall–Kier alpha value is -3.87. The highest BCUT2D eigenvalue weighted by Gasteiger charge is 2.40. The van der Waals surface area contributed by atoms with E-state index in [0.717, 1.165) is 27.7 Å². The molecule has 0 amide bonds. The molecule has 2 unspecified atom stereocenters. The molecule has 0 N–H and O–H groups in total. The van der Waals surface area contributed by atoms with Gasteiger partial charge in [0.05, 0.1) is 17.5 Å². The minimum atomic E-state index is -0.697. The van der Waals surface area contributed by atoms with Crippen molar-refractivity contribution in [1.29, 1.82) is 0 Å². The number of aliphatic imine (C=N–C) groups is 1. The smallest absolute Gasteiger partial charge is 0.315 e. The Morgan fingerprint density at radius 3 is 2.61 bits per heavy atom. The molecule has 2 heterocycles. The minimum Gasteiger partial charge on any atom is -0.468 e. The number of pyridine rings is 1. The van der Waals surface area contributed by atoms with Crippen molar-refractivity contribution in [3.63, 3.8) is 0 Å². The Balaban J connectivity index is 2.02. The summed E-state index contributed by atoms with van der Waals surface area (Å²) >= 11 is 0. The number of non-ortho nitro benzene ring substituents is 1. The third kappa shape index (κ3) is 3.59. The number of methoxy groups -OCH3 is 1. The van der Waals surface area contributed by atoms with Gasteiger partial charge in [-0.25, -0.2) is 0 Å². The molecule has 1 aliphatic heterocycles. The quantitative estimate of drug-likeness (QED) is 0.342. The van der Waals surface area contributed by atoms with Crippen molar-refractivity contribution in [1.82, 2.24) is 4.98 Å². The lowest BCUT2D eigenvalue weighted by atomic mass is 9.73. The Labute approximate surface area is 179 Å². The molecule has 3 aromatic rings. The second kappa shape index (κ2) is 8.10. The SMILES string of the molecule is COC(=O)C1C(C)=NC(C)=C(c2cccc3ncccc23)C1c1cccc([N+](=O)[O-])c1. The molecule has 0 fully saturated rings.